The summed E-state index contributed by atoms with van der Waals surface area (Å²) in [6.45, 7) is 2.65. The molecule has 1 aromatic heterocycles. The third kappa shape index (κ3) is 4.38. The largest absolute Gasteiger partial charge is 0.494 e. The van der Waals surface area contributed by atoms with Crippen molar-refractivity contribution >= 4 is 17.5 Å². The predicted octanol–water partition coefficient (Wildman–Crippen LogP) is 3.38. The van der Waals surface area contributed by atoms with Crippen molar-refractivity contribution in [3.8, 4) is 5.75 Å². The van der Waals surface area contributed by atoms with E-state index in [1.165, 1.54) is 7.11 Å². The van der Waals surface area contributed by atoms with Crippen molar-refractivity contribution in [2.75, 3.05) is 32.1 Å². The molecule has 0 atom stereocenters. The van der Waals surface area contributed by atoms with Gasteiger partial charge in [-0.15, -0.1) is 0 Å². The maximum Gasteiger partial charge on any atom is 0.225 e. The Morgan fingerprint density at radius 2 is 1.96 bits per heavy atom. The van der Waals surface area contributed by atoms with Gasteiger partial charge in [-0.2, -0.15) is 0 Å². The first-order valence-corrected chi connectivity index (χ1v) is 8.70. The molecule has 5 nitrogen and oxygen atoms in total. The van der Waals surface area contributed by atoms with Crippen LogP contribution in [0.5, 0.6) is 5.75 Å². The molecule has 3 rings (SSSR count). The lowest BCUT2D eigenvalue weighted by Crippen LogP contribution is -2.43. The molecule has 2 aromatic rings. The average Bonchev–Trinajstić information content (AvgIpc) is 2.63. The van der Waals surface area contributed by atoms with Crippen molar-refractivity contribution in [3.05, 3.63) is 47.0 Å². The molecule has 1 aliphatic rings. The van der Waals surface area contributed by atoms with Gasteiger partial charge in [0.05, 0.1) is 24.5 Å². The number of methoxy groups -OCH3 is 1. The molecule has 0 saturated carbocycles. The lowest BCUT2D eigenvalue weighted by atomic mass is 10.0. The van der Waals surface area contributed by atoms with Gasteiger partial charge in [0.2, 0.25) is 5.95 Å². The van der Waals surface area contributed by atoms with Gasteiger partial charge in [-0.3, -0.25) is 4.90 Å². The van der Waals surface area contributed by atoms with Crippen molar-refractivity contribution < 1.29 is 9.13 Å². The van der Waals surface area contributed by atoms with Crippen LogP contribution >= 0.6 is 11.6 Å². The molecule has 0 spiro atoms. The van der Waals surface area contributed by atoms with Crippen molar-refractivity contribution in [1.29, 1.82) is 0 Å². The van der Waals surface area contributed by atoms with E-state index in [4.69, 9.17) is 16.3 Å². The Labute approximate surface area is 152 Å². The van der Waals surface area contributed by atoms with E-state index in [0.29, 0.717) is 17.0 Å². The van der Waals surface area contributed by atoms with Gasteiger partial charge in [0.15, 0.2) is 11.6 Å². The highest BCUT2D eigenvalue weighted by Gasteiger charge is 2.24. The zero-order valence-electron chi connectivity index (χ0n) is 14.5. The Kier molecular flexibility index (Phi) is 5.71. The number of rotatable bonds is 5. The molecule has 1 fully saturated rings. The Morgan fingerprint density at radius 3 is 2.56 bits per heavy atom. The van der Waals surface area contributed by atoms with E-state index in [1.54, 1.807) is 24.5 Å². The fourth-order valence-corrected chi connectivity index (χ4v) is 3.28. The van der Waals surface area contributed by atoms with Gasteiger partial charge in [-0.05, 0) is 30.5 Å². The second-order valence-electron chi connectivity index (χ2n) is 6.29. The summed E-state index contributed by atoms with van der Waals surface area (Å²) in [5.74, 6) is 0.668. The van der Waals surface area contributed by atoms with Gasteiger partial charge in [0.25, 0.3) is 0 Å². The standard InChI is InChI=1S/C18H22ClFN4O/c1-23(18-21-10-14(19)11-22-18)15-5-7-24(8-6-15)12-13-3-4-17(25-2)16(20)9-13/h3-4,9-11,15H,5-8,12H2,1-2H3. The van der Waals surface area contributed by atoms with Gasteiger partial charge < -0.3 is 9.64 Å². The molecular formula is C18H22ClFN4O. The third-order valence-electron chi connectivity index (χ3n) is 4.65. The topological polar surface area (TPSA) is 41.5 Å². The lowest BCUT2D eigenvalue weighted by molar-refractivity contribution is 0.202. The summed E-state index contributed by atoms with van der Waals surface area (Å²) in [5, 5.41) is 0.540. The first-order chi connectivity index (χ1) is 12.1. The summed E-state index contributed by atoms with van der Waals surface area (Å²) in [6.07, 6.45) is 5.27. The van der Waals surface area contributed by atoms with Crippen molar-refractivity contribution in [1.82, 2.24) is 14.9 Å². The Morgan fingerprint density at radius 1 is 1.28 bits per heavy atom. The van der Waals surface area contributed by atoms with E-state index in [1.807, 2.05) is 13.1 Å². The van der Waals surface area contributed by atoms with E-state index in [2.05, 4.69) is 19.8 Å². The number of hydrogen-bond acceptors (Lipinski definition) is 5. The second kappa shape index (κ2) is 7.97. The SMILES string of the molecule is COc1ccc(CN2CCC(N(C)c3ncc(Cl)cn3)CC2)cc1F. The maximum absolute atomic E-state index is 13.8. The number of likely N-dealkylation sites (tertiary alicyclic amines) is 1. The van der Waals surface area contributed by atoms with Crippen molar-refractivity contribution in [2.24, 2.45) is 0 Å². The van der Waals surface area contributed by atoms with Gasteiger partial charge in [-0.1, -0.05) is 17.7 Å². The third-order valence-corrected chi connectivity index (χ3v) is 4.84. The van der Waals surface area contributed by atoms with Crippen LogP contribution in [0.15, 0.2) is 30.6 Å². The second-order valence-corrected chi connectivity index (χ2v) is 6.72. The monoisotopic (exact) mass is 364 g/mol. The lowest BCUT2D eigenvalue weighted by Gasteiger charge is -2.36. The van der Waals surface area contributed by atoms with Crippen LogP contribution in [0.1, 0.15) is 18.4 Å². The maximum atomic E-state index is 13.8. The normalized spacial score (nSPS) is 16.0. The minimum absolute atomic E-state index is 0.284. The Hall–Kier alpha value is -1.92. The minimum Gasteiger partial charge on any atom is -0.494 e. The van der Waals surface area contributed by atoms with Gasteiger partial charge in [0.1, 0.15) is 0 Å². The smallest absolute Gasteiger partial charge is 0.225 e. The number of aromatic nitrogens is 2. The highest BCUT2D eigenvalue weighted by molar-refractivity contribution is 6.30. The fourth-order valence-electron chi connectivity index (χ4n) is 3.18. The van der Waals surface area contributed by atoms with Crippen LogP contribution in [-0.2, 0) is 6.54 Å². The highest BCUT2D eigenvalue weighted by Crippen LogP contribution is 2.23. The van der Waals surface area contributed by atoms with Crippen LogP contribution in [0.2, 0.25) is 5.02 Å². The molecule has 0 bridgehead atoms. The fraction of sp³-hybridized carbons (Fsp3) is 0.444. The van der Waals surface area contributed by atoms with Crippen LogP contribution < -0.4 is 9.64 Å². The number of hydrogen-bond donors (Lipinski definition) is 0. The summed E-state index contributed by atoms with van der Waals surface area (Å²) in [5.41, 5.74) is 0.964. The summed E-state index contributed by atoms with van der Waals surface area (Å²) in [7, 11) is 3.49. The molecule has 0 aliphatic carbocycles. The molecule has 134 valence electrons. The number of benzene rings is 1. The first-order valence-electron chi connectivity index (χ1n) is 8.32. The van der Waals surface area contributed by atoms with Crippen LogP contribution in [0, 0.1) is 5.82 Å². The molecular weight excluding hydrogens is 343 g/mol. The number of ether oxygens (including phenoxy) is 1. The molecule has 0 N–H and O–H groups in total. The predicted molar refractivity (Wildman–Crippen MR) is 96.7 cm³/mol. The highest BCUT2D eigenvalue weighted by atomic mass is 35.5. The van der Waals surface area contributed by atoms with Gasteiger partial charge >= 0.3 is 0 Å². The number of piperidine rings is 1. The molecule has 0 radical (unpaired) electrons. The van der Waals surface area contributed by atoms with Crippen molar-refractivity contribution in [3.63, 3.8) is 0 Å². The summed E-state index contributed by atoms with van der Waals surface area (Å²) < 4.78 is 18.8. The van der Waals surface area contributed by atoms with E-state index < -0.39 is 0 Å². The van der Waals surface area contributed by atoms with Gasteiger partial charge in [0, 0.05) is 32.7 Å². The van der Waals surface area contributed by atoms with Crippen LogP contribution in [0.4, 0.5) is 10.3 Å². The molecule has 25 heavy (non-hydrogen) atoms. The Bertz CT molecular complexity index is 705. The van der Waals surface area contributed by atoms with Crippen LogP contribution in [0.25, 0.3) is 0 Å². The van der Waals surface area contributed by atoms with E-state index >= 15 is 0 Å². The van der Waals surface area contributed by atoms with Crippen molar-refractivity contribution in [2.45, 2.75) is 25.4 Å². The first kappa shape index (κ1) is 17.9. The summed E-state index contributed by atoms with van der Waals surface area (Å²) >= 11 is 5.84. The minimum atomic E-state index is -0.311. The van der Waals surface area contributed by atoms with Crippen LogP contribution in [0.3, 0.4) is 0 Å². The zero-order valence-corrected chi connectivity index (χ0v) is 15.2. The van der Waals surface area contributed by atoms with E-state index in [-0.39, 0.29) is 11.6 Å². The number of anilines is 1. The molecule has 0 unspecified atom stereocenters. The van der Waals surface area contributed by atoms with E-state index in [0.717, 1.165) is 38.0 Å². The summed E-state index contributed by atoms with van der Waals surface area (Å²) in [6, 6.07) is 5.55. The number of nitrogens with zero attached hydrogens (tertiary/aromatic N) is 4. The molecule has 1 aromatic carbocycles. The molecule has 0 amide bonds. The molecule has 2 heterocycles. The molecule has 1 saturated heterocycles. The summed E-state index contributed by atoms with van der Waals surface area (Å²) in [4.78, 5) is 13.0. The van der Waals surface area contributed by atoms with E-state index in [9.17, 15) is 4.39 Å². The molecule has 7 heteroatoms. The quantitative estimate of drug-likeness (QED) is 0.813. The number of halogens is 2. The Balaban J connectivity index is 1.54. The van der Waals surface area contributed by atoms with Crippen LogP contribution in [-0.4, -0.2) is 48.2 Å². The zero-order chi connectivity index (χ0) is 17.8. The van der Waals surface area contributed by atoms with Gasteiger partial charge in [-0.25, -0.2) is 14.4 Å². The molecule has 1 aliphatic heterocycles. The average molecular weight is 365 g/mol.